The van der Waals surface area contributed by atoms with Crippen LogP contribution in [0.2, 0.25) is 0 Å². The molecule has 0 aromatic heterocycles. The lowest BCUT2D eigenvalue weighted by Gasteiger charge is -2.42. The highest BCUT2D eigenvalue weighted by molar-refractivity contribution is 5.16. The van der Waals surface area contributed by atoms with Crippen LogP contribution in [0.25, 0.3) is 0 Å². The van der Waals surface area contributed by atoms with Gasteiger partial charge in [-0.15, -0.1) is 0 Å². The Labute approximate surface area is 107 Å². The fourth-order valence-corrected chi connectivity index (χ4v) is 4.64. The van der Waals surface area contributed by atoms with E-state index in [0.717, 1.165) is 17.8 Å². The lowest BCUT2D eigenvalue weighted by Crippen LogP contribution is -2.87. The number of fused-ring (bicyclic) bond motifs is 1. The van der Waals surface area contributed by atoms with Gasteiger partial charge in [0.2, 0.25) is 0 Å². The van der Waals surface area contributed by atoms with Crippen LogP contribution in [0.3, 0.4) is 0 Å². The number of hydrogen-bond donors (Lipinski definition) is 1. The summed E-state index contributed by atoms with van der Waals surface area (Å²) in [5.74, 6) is 2.29. The fourth-order valence-electron chi connectivity index (χ4n) is 4.64. The summed E-state index contributed by atoms with van der Waals surface area (Å²) in [6.07, 6.45) is 6.82. The molecule has 2 fully saturated rings. The monoisotopic (exact) mass is 235 g/mol. The summed E-state index contributed by atoms with van der Waals surface area (Å²) in [5, 5.41) is 2.21. The fraction of sp³-hybridized carbons (Fsp3) is 0.812. The molecular formula is C16H29N. The summed E-state index contributed by atoms with van der Waals surface area (Å²) in [7, 11) is 4.08. The number of quaternary nitrogens is 1. The Morgan fingerprint density at radius 1 is 1.41 bits per heavy atom. The van der Waals surface area contributed by atoms with E-state index in [4.69, 9.17) is 0 Å². The second-order valence-corrected chi connectivity index (χ2v) is 6.90. The Kier molecular flexibility index (Phi) is 3.68. The largest absolute Gasteiger partial charge is 0.476 e. The maximum atomic E-state index is 4.39. The first kappa shape index (κ1) is 13.1. The molecule has 0 amide bonds. The van der Waals surface area contributed by atoms with Crippen molar-refractivity contribution in [2.24, 2.45) is 23.2 Å². The highest BCUT2D eigenvalue weighted by atomic mass is 14.9. The van der Waals surface area contributed by atoms with Crippen molar-refractivity contribution >= 4 is 0 Å². The van der Waals surface area contributed by atoms with Gasteiger partial charge in [-0.2, -0.15) is 7.05 Å². The Balaban J connectivity index is 2.22. The van der Waals surface area contributed by atoms with Crippen molar-refractivity contribution in [3.63, 3.8) is 0 Å². The molecule has 2 saturated carbocycles. The molecule has 0 aromatic carbocycles. The van der Waals surface area contributed by atoms with Crippen LogP contribution in [0, 0.1) is 30.2 Å². The topological polar surface area (TPSA) is 16.6 Å². The van der Waals surface area contributed by atoms with E-state index >= 15 is 0 Å². The molecule has 0 spiro atoms. The normalized spacial score (nSPS) is 39.5. The van der Waals surface area contributed by atoms with Gasteiger partial charge in [-0.05, 0) is 43.4 Å². The molecule has 98 valence electrons. The average Bonchev–Trinajstić information content (AvgIpc) is 2.58. The van der Waals surface area contributed by atoms with Crippen LogP contribution in [0.1, 0.15) is 52.9 Å². The third kappa shape index (κ3) is 2.19. The predicted molar refractivity (Wildman–Crippen MR) is 73.2 cm³/mol. The van der Waals surface area contributed by atoms with E-state index in [1.807, 2.05) is 0 Å². The second-order valence-electron chi connectivity index (χ2n) is 6.90. The Morgan fingerprint density at radius 2 is 2.12 bits per heavy atom. The zero-order valence-electron chi connectivity index (χ0n) is 11.8. The molecule has 0 unspecified atom stereocenters. The molecule has 0 saturated heterocycles. The Morgan fingerprint density at radius 3 is 2.71 bits per heavy atom. The minimum Gasteiger partial charge on any atom is -0.476 e. The number of hydrogen-bond acceptors (Lipinski definition) is 0. The van der Waals surface area contributed by atoms with Gasteiger partial charge in [0, 0.05) is 11.8 Å². The number of allylic oxidation sites excluding steroid dienone is 1. The summed E-state index contributed by atoms with van der Waals surface area (Å²) in [6, 6.07) is 0.677. The highest BCUT2D eigenvalue weighted by Gasteiger charge is 2.50. The lowest BCUT2D eigenvalue weighted by atomic mass is 9.64. The molecule has 17 heavy (non-hydrogen) atoms. The summed E-state index contributed by atoms with van der Waals surface area (Å²) < 4.78 is 0. The smallest absolute Gasteiger partial charge is 0.0677 e. The molecule has 2 aliphatic carbocycles. The maximum Gasteiger partial charge on any atom is 0.0677 e. The van der Waals surface area contributed by atoms with Crippen molar-refractivity contribution in [2.75, 3.05) is 0 Å². The van der Waals surface area contributed by atoms with Crippen LogP contribution >= 0.6 is 0 Å². The maximum absolute atomic E-state index is 4.39. The summed E-state index contributed by atoms with van der Waals surface area (Å²) in [6.45, 7) is 11.6. The molecule has 1 nitrogen and oxygen atoms in total. The summed E-state index contributed by atoms with van der Waals surface area (Å²) in [4.78, 5) is 0. The van der Waals surface area contributed by atoms with Crippen LogP contribution in [0.4, 0.5) is 0 Å². The van der Waals surface area contributed by atoms with Gasteiger partial charge >= 0.3 is 0 Å². The van der Waals surface area contributed by atoms with E-state index < -0.39 is 0 Å². The lowest BCUT2D eigenvalue weighted by molar-refractivity contribution is -0.649. The van der Waals surface area contributed by atoms with Gasteiger partial charge in [-0.3, -0.25) is 0 Å². The van der Waals surface area contributed by atoms with Crippen LogP contribution in [0.5, 0.6) is 0 Å². The number of nitrogens with two attached hydrogens (primary N) is 1. The van der Waals surface area contributed by atoms with Crippen LogP contribution < -0.4 is 5.32 Å². The highest BCUT2D eigenvalue weighted by Crippen LogP contribution is 2.57. The summed E-state index contributed by atoms with van der Waals surface area (Å²) >= 11 is 0. The van der Waals surface area contributed by atoms with Crippen molar-refractivity contribution in [1.82, 2.24) is 0 Å². The first-order valence-corrected chi connectivity index (χ1v) is 7.30. The summed E-state index contributed by atoms with van der Waals surface area (Å²) in [5.41, 5.74) is 2.09. The van der Waals surface area contributed by atoms with Gasteiger partial charge in [-0.25, -0.2) is 0 Å². The molecule has 2 aliphatic rings. The van der Waals surface area contributed by atoms with Gasteiger partial charge in [0.25, 0.3) is 0 Å². The molecule has 0 aliphatic heterocycles. The predicted octanol–water partition coefficient (Wildman–Crippen LogP) is 3.14. The third-order valence-corrected chi connectivity index (χ3v) is 5.45. The number of rotatable bonds is 3. The Bertz CT molecular complexity index is 294. The SMILES string of the molecule is C=C1CCC[C@@]2(C)CC[C@H]([C@H]([NH2+][CH2-])C(C)C)[C@@H]12. The van der Waals surface area contributed by atoms with Gasteiger partial charge in [0.1, 0.15) is 0 Å². The van der Waals surface area contributed by atoms with Crippen molar-refractivity contribution in [3.05, 3.63) is 19.2 Å². The van der Waals surface area contributed by atoms with Gasteiger partial charge in [0.15, 0.2) is 0 Å². The molecule has 2 N–H and O–H groups in total. The molecule has 0 aromatic rings. The van der Waals surface area contributed by atoms with E-state index in [1.165, 1.54) is 37.7 Å². The van der Waals surface area contributed by atoms with Crippen molar-refractivity contribution < 1.29 is 5.32 Å². The van der Waals surface area contributed by atoms with E-state index in [2.05, 4.69) is 39.7 Å². The van der Waals surface area contributed by atoms with Gasteiger partial charge < -0.3 is 5.32 Å². The standard InChI is InChI=1S/C16H29N/c1-11(2)15(17-5)13-8-10-16(4)9-6-7-12(3)14(13)16/h11,13-15H,3,5-10,17H2,1-2,4H3/t13-,14+,15+,16-/m0/s1. The van der Waals surface area contributed by atoms with Crippen molar-refractivity contribution in [1.29, 1.82) is 0 Å². The molecule has 0 radical (unpaired) electrons. The van der Waals surface area contributed by atoms with E-state index in [0.29, 0.717) is 11.5 Å². The second kappa shape index (κ2) is 4.76. The average molecular weight is 235 g/mol. The first-order valence-electron chi connectivity index (χ1n) is 7.30. The van der Waals surface area contributed by atoms with Crippen molar-refractivity contribution in [3.8, 4) is 0 Å². The molecule has 0 heterocycles. The molecule has 4 atom stereocenters. The van der Waals surface area contributed by atoms with Crippen LogP contribution in [-0.4, -0.2) is 6.04 Å². The minimum atomic E-state index is 0.552. The zero-order chi connectivity index (χ0) is 12.6. The third-order valence-electron chi connectivity index (χ3n) is 5.45. The first-order chi connectivity index (χ1) is 7.99. The Hall–Kier alpha value is -0.300. The van der Waals surface area contributed by atoms with E-state index in [-0.39, 0.29) is 0 Å². The van der Waals surface area contributed by atoms with Crippen LogP contribution in [-0.2, 0) is 0 Å². The van der Waals surface area contributed by atoms with Crippen molar-refractivity contribution in [2.45, 2.75) is 58.9 Å². The molecule has 0 bridgehead atoms. The van der Waals surface area contributed by atoms with Gasteiger partial charge in [0.05, 0.1) is 6.04 Å². The van der Waals surface area contributed by atoms with Gasteiger partial charge in [-0.1, -0.05) is 32.9 Å². The molecular weight excluding hydrogens is 206 g/mol. The minimum absolute atomic E-state index is 0.552. The molecule has 2 rings (SSSR count). The van der Waals surface area contributed by atoms with E-state index in [1.54, 1.807) is 0 Å². The van der Waals surface area contributed by atoms with E-state index in [9.17, 15) is 0 Å². The molecule has 1 heteroatoms. The van der Waals surface area contributed by atoms with Crippen LogP contribution in [0.15, 0.2) is 12.2 Å². The quantitative estimate of drug-likeness (QED) is 0.572. The zero-order valence-corrected chi connectivity index (χ0v) is 11.8.